The smallest absolute Gasteiger partial charge is 0.232 e. The average Bonchev–Trinajstić information content (AvgIpc) is 3.13. The van der Waals surface area contributed by atoms with Crippen molar-refractivity contribution in [1.82, 2.24) is 15.0 Å². The Morgan fingerprint density at radius 1 is 1.04 bits per heavy atom. The van der Waals surface area contributed by atoms with Crippen molar-refractivity contribution in [1.29, 1.82) is 0 Å². The van der Waals surface area contributed by atoms with Gasteiger partial charge in [-0.05, 0) is 19.1 Å². The van der Waals surface area contributed by atoms with E-state index in [1.54, 1.807) is 38.0 Å². The number of benzene rings is 1. The molecule has 1 aromatic carbocycles. The van der Waals surface area contributed by atoms with Gasteiger partial charge in [0.15, 0.2) is 5.13 Å². The molecule has 0 unspecified atom stereocenters. The molecule has 3 heterocycles. The van der Waals surface area contributed by atoms with Crippen LogP contribution in [0.1, 0.15) is 18.5 Å². The molecule has 0 amide bonds. The fourth-order valence-corrected chi connectivity index (χ4v) is 4.37. The molecule has 0 saturated carbocycles. The van der Waals surface area contributed by atoms with Gasteiger partial charge in [0.05, 0.1) is 26.1 Å². The summed E-state index contributed by atoms with van der Waals surface area (Å²) in [6.07, 6.45) is 5.38. The summed E-state index contributed by atoms with van der Waals surface area (Å²) in [5, 5.41) is 0.988. The van der Waals surface area contributed by atoms with Gasteiger partial charge in [0.1, 0.15) is 27.8 Å². The highest BCUT2D eigenvalue weighted by Gasteiger charge is 2.24. The van der Waals surface area contributed by atoms with Gasteiger partial charge in [0, 0.05) is 32.1 Å². The van der Waals surface area contributed by atoms with Crippen LogP contribution in [0.25, 0.3) is 10.2 Å². The first-order valence-electron chi connectivity index (χ1n) is 8.89. The molecule has 0 aliphatic carbocycles. The van der Waals surface area contributed by atoms with Crippen LogP contribution >= 0.6 is 11.3 Å². The van der Waals surface area contributed by atoms with Crippen molar-refractivity contribution in [3.05, 3.63) is 30.2 Å². The van der Waals surface area contributed by atoms with Crippen molar-refractivity contribution in [2.45, 2.75) is 25.9 Å². The normalized spacial score (nSPS) is 15.1. The van der Waals surface area contributed by atoms with E-state index in [9.17, 15) is 0 Å². The Kier molecular flexibility index (Phi) is 4.98. The Hall–Kier alpha value is -2.61. The van der Waals surface area contributed by atoms with Gasteiger partial charge in [0.25, 0.3) is 0 Å². The van der Waals surface area contributed by atoms with Crippen molar-refractivity contribution >= 4 is 26.7 Å². The first-order chi connectivity index (χ1) is 13.2. The van der Waals surface area contributed by atoms with Crippen LogP contribution in [-0.4, -0.2) is 48.4 Å². The molecule has 142 valence electrons. The number of nitrogens with zero attached hydrogens (tertiary/aromatic N) is 4. The van der Waals surface area contributed by atoms with Gasteiger partial charge >= 0.3 is 0 Å². The zero-order valence-electron chi connectivity index (χ0n) is 15.6. The van der Waals surface area contributed by atoms with Crippen molar-refractivity contribution in [3.8, 4) is 17.4 Å². The number of aryl methyl sites for hydroxylation is 1. The number of piperidine rings is 1. The Bertz CT molecular complexity index is 897. The Labute approximate surface area is 161 Å². The summed E-state index contributed by atoms with van der Waals surface area (Å²) >= 11 is 1.64. The molecule has 2 aromatic heterocycles. The van der Waals surface area contributed by atoms with Crippen molar-refractivity contribution in [3.63, 3.8) is 0 Å². The topological polar surface area (TPSA) is 69.6 Å². The fourth-order valence-electron chi connectivity index (χ4n) is 3.24. The van der Waals surface area contributed by atoms with Crippen LogP contribution in [0.15, 0.2) is 24.5 Å². The van der Waals surface area contributed by atoms with Crippen molar-refractivity contribution in [2.24, 2.45) is 0 Å². The fraction of sp³-hybridized carbons (Fsp3) is 0.421. The van der Waals surface area contributed by atoms with Gasteiger partial charge < -0.3 is 19.1 Å². The summed E-state index contributed by atoms with van der Waals surface area (Å²) in [5.74, 6) is 2.19. The van der Waals surface area contributed by atoms with E-state index in [4.69, 9.17) is 19.2 Å². The Morgan fingerprint density at radius 3 is 2.48 bits per heavy atom. The number of thiazole rings is 1. The second-order valence-electron chi connectivity index (χ2n) is 6.45. The number of anilines is 1. The van der Waals surface area contributed by atoms with Crippen LogP contribution in [-0.2, 0) is 0 Å². The molecule has 1 fully saturated rings. The molecule has 0 N–H and O–H groups in total. The summed E-state index contributed by atoms with van der Waals surface area (Å²) in [4.78, 5) is 15.6. The first-order valence-corrected chi connectivity index (χ1v) is 9.71. The van der Waals surface area contributed by atoms with E-state index in [0.29, 0.717) is 5.88 Å². The molecule has 0 bridgehead atoms. The Morgan fingerprint density at radius 2 is 1.78 bits per heavy atom. The maximum atomic E-state index is 5.99. The molecule has 3 aromatic rings. The highest BCUT2D eigenvalue weighted by Crippen LogP contribution is 2.40. The largest absolute Gasteiger partial charge is 0.495 e. The third-order valence-electron chi connectivity index (χ3n) is 4.63. The summed E-state index contributed by atoms with van der Waals surface area (Å²) in [6, 6.07) is 3.82. The minimum Gasteiger partial charge on any atom is -0.495 e. The van der Waals surface area contributed by atoms with E-state index >= 15 is 0 Å². The third kappa shape index (κ3) is 3.62. The van der Waals surface area contributed by atoms with Gasteiger partial charge in [-0.2, -0.15) is 0 Å². The zero-order valence-corrected chi connectivity index (χ0v) is 16.5. The number of methoxy groups -OCH3 is 2. The summed E-state index contributed by atoms with van der Waals surface area (Å²) in [7, 11) is 3.34. The zero-order chi connectivity index (χ0) is 18.8. The number of hydrogen-bond donors (Lipinski definition) is 0. The van der Waals surface area contributed by atoms with Gasteiger partial charge in [-0.25, -0.2) is 9.97 Å². The van der Waals surface area contributed by atoms with Crippen molar-refractivity contribution < 1.29 is 14.2 Å². The average molecular weight is 386 g/mol. The predicted octanol–water partition coefficient (Wildman–Crippen LogP) is 3.46. The molecule has 1 aliphatic rings. The molecule has 0 spiro atoms. The summed E-state index contributed by atoms with van der Waals surface area (Å²) in [5.41, 5.74) is 1.72. The second kappa shape index (κ2) is 7.56. The number of hydrogen-bond acceptors (Lipinski definition) is 8. The van der Waals surface area contributed by atoms with E-state index in [0.717, 1.165) is 58.5 Å². The first kappa shape index (κ1) is 17.8. The second-order valence-corrected chi connectivity index (χ2v) is 7.42. The molecule has 4 rings (SSSR count). The van der Waals surface area contributed by atoms with Crippen LogP contribution in [0.3, 0.4) is 0 Å². The maximum Gasteiger partial charge on any atom is 0.232 e. The quantitative estimate of drug-likeness (QED) is 0.665. The molecule has 8 heteroatoms. The van der Waals surface area contributed by atoms with Gasteiger partial charge in [-0.1, -0.05) is 11.3 Å². The standard InChI is InChI=1S/C19H22N4O3S/c1-12-10-20-11-16(21-12)26-13-6-8-23(9-7-13)19-22-17-14(24-2)4-5-15(25-3)18(17)27-19/h4-5,10-11,13H,6-9H2,1-3H3. The maximum absolute atomic E-state index is 5.99. The van der Waals surface area contributed by atoms with Crippen LogP contribution in [0, 0.1) is 6.92 Å². The van der Waals surface area contributed by atoms with Crippen LogP contribution in [0.4, 0.5) is 5.13 Å². The van der Waals surface area contributed by atoms with E-state index < -0.39 is 0 Å². The van der Waals surface area contributed by atoms with E-state index in [2.05, 4.69) is 14.9 Å². The van der Waals surface area contributed by atoms with Gasteiger partial charge in [-0.15, -0.1) is 0 Å². The minimum absolute atomic E-state index is 0.149. The van der Waals surface area contributed by atoms with E-state index in [1.165, 1.54) is 0 Å². The Balaban J connectivity index is 1.48. The number of fused-ring (bicyclic) bond motifs is 1. The van der Waals surface area contributed by atoms with Gasteiger partial charge in [0.2, 0.25) is 5.88 Å². The highest BCUT2D eigenvalue weighted by atomic mass is 32.1. The minimum atomic E-state index is 0.149. The SMILES string of the molecule is COc1ccc(OC)c2sc(N3CCC(Oc4cncc(C)n4)CC3)nc12. The molecular formula is C19H22N4O3S. The highest BCUT2D eigenvalue weighted by molar-refractivity contribution is 7.22. The lowest BCUT2D eigenvalue weighted by atomic mass is 10.1. The lowest BCUT2D eigenvalue weighted by molar-refractivity contribution is 0.163. The number of rotatable bonds is 5. The molecule has 1 saturated heterocycles. The third-order valence-corrected chi connectivity index (χ3v) is 5.76. The van der Waals surface area contributed by atoms with Crippen LogP contribution in [0.2, 0.25) is 0 Å². The predicted molar refractivity (Wildman–Crippen MR) is 105 cm³/mol. The van der Waals surface area contributed by atoms with E-state index in [-0.39, 0.29) is 6.10 Å². The number of ether oxygens (including phenoxy) is 3. The molecule has 0 radical (unpaired) electrons. The lowest BCUT2D eigenvalue weighted by Crippen LogP contribution is -2.38. The van der Waals surface area contributed by atoms with Crippen LogP contribution in [0.5, 0.6) is 17.4 Å². The molecule has 27 heavy (non-hydrogen) atoms. The number of aromatic nitrogens is 3. The molecule has 7 nitrogen and oxygen atoms in total. The van der Waals surface area contributed by atoms with Crippen LogP contribution < -0.4 is 19.1 Å². The monoisotopic (exact) mass is 386 g/mol. The summed E-state index contributed by atoms with van der Waals surface area (Å²) in [6.45, 7) is 3.68. The summed E-state index contributed by atoms with van der Waals surface area (Å²) < 4.78 is 18.0. The molecule has 0 atom stereocenters. The van der Waals surface area contributed by atoms with Crippen molar-refractivity contribution in [2.75, 3.05) is 32.2 Å². The lowest BCUT2D eigenvalue weighted by Gasteiger charge is -2.31. The molecular weight excluding hydrogens is 364 g/mol. The van der Waals surface area contributed by atoms with Gasteiger partial charge in [-0.3, -0.25) is 4.98 Å². The molecule has 1 aliphatic heterocycles. The van der Waals surface area contributed by atoms with E-state index in [1.807, 2.05) is 19.1 Å².